The van der Waals surface area contributed by atoms with Crippen LogP contribution in [-0.4, -0.2) is 10.9 Å². The molecule has 2 N–H and O–H groups in total. The average molecular weight is 424 g/mol. The van der Waals surface area contributed by atoms with Gasteiger partial charge in [-0.2, -0.15) is 0 Å². The van der Waals surface area contributed by atoms with E-state index in [1.807, 2.05) is 29.6 Å². The summed E-state index contributed by atoms with van der Waals surface area (Å²) in [7, 11) is 0. The maximum absolute atomic E-state index is 13.3. The first-order valence-corrected chi connectivity index (χ1v) is 9.98. The smallest absolute Gasteiger partial charge is 0.255 e. The van der Waals surface area contributed by atoms with Crippen LogP contribution in [0.15, 0.2) is 78.2 Å². The standard InChI is InChI=1S/C22H15ClFN3OS/c23-16-6-1-5-15(10-16)21(28)25-18-8-2-4-14(11-18)20-13-29-22(27-20)26-19-9-3-7-17(24)12-19/h1-13H,(H,25,28)(H,26,27). The molecule has 29 heavy (non-hydrogen) atoms. The number of hydrogen-bond donors (Lipinski definition) is 2. The van der Waals surface area contributed by atoms with Crippen LogP contribution in [0.2, 0.25) is 5.02 Å². The minimum atomic E-state index is -0.310. The highest BCUT2D eigenvalue weighted by Gasteiger charge is 2.09. The third kappa shape index (κ3) is 4.80. The number of aromatic nitrogens is 1. The van der Waals surface area contributed by atoms with Crippen molar-refractivity contribution in [2.24, 2.45) is 0 Å². The summed E-state index contributed by atoms with van der Waals surface area (Å²) >= 11 is 7.37. The SMILES string of the molecule is O=C(Nc1cccc(-c2csc(Nc3cccc(F)c3)n2)c1)c1cccc(Cl)c1. The lowest BCUT2D eigenvalue weighted by atomic mass is 10.1. The van der Waals surface area contributed by atoms with Gasteiger partial charge in [-0.1, -0.05) is 35.9 Å². The van der Waals surface area contributed by atoms with E-state index < -0.39 is 0 Å². The average Bonchev–Trinajstić information content (AvgIpc) is 3.17. The Morgan fingerprint density at radius 2 is 1.76 bits per heavy atom. The summed E-state index contributed by atoms with van der Waals surface area (Å²) in [4.78, 5) is 17.0. The van der Waals surface area contributed by atoms with Gasteiger partial charge in [-0.25, -0.2) is 9.37 Å². The van der Waals surface area contributed by atoms with Crippen LogP contribution in [0.25, 0.3) is 11.3 Å². The molecular formula is C22H15ClFN3OS. The third-order valence-corrected chi connectivity index (χ3v) is 5.08. The van der Waals surface area contributed by atoms with Crippen molar-refractivity contribution in [2.75, 3.05) is 10.6 Å². The van der Waals surface area contributed by atoms with Crippen LogP contribution in [-0.2, 0) is 0 Å². The van der Waals surface area contributed by atoms with Crippen LogP contribution < -0.4 is 10.6 Å². The molecule has 0 aliphatic heterocycles. The third-order valence-electron chi connectivity index (χ3n) is 4.08. The van der Waals surface area contributed by atoms with Crippen LogP contribution in [0.3, 0.4) is 0 Å². The highest BCUT2D eigenvalue weighted by Crippen LogP contribution is 2.29. The summed E-state index contributed by atoms with van der Waals surface area (Å²) in [5, 5.41) is 9.02. The predicted molar refractivity (Wildman–Crippen MR) is 117 cm³/mol. The Kier molecular flexibility index (Phi) is 5.55. The van der Waals surface area contributed by atoms with Gasteiger partial charge in [0.2, 0.25) is 0 Å². The molecule has 0 unspecified atom stereocenters. The lowest BCUT2D eigenvalue weighted by Gasteiger charge is -2.07. The van der Waals surface area contributed by atoms with E-state index in [1.165, 1.54) is 23.5 Å². The van der Waals surface area contributed by atoms with Gasteiger partial charge in [0.05, 0.1) is 5.69 Å². The Labute approximate surface area is 176 Å². The predicted octanol–water partition coefficient (Wildman–Crippen LogP) is 6.60. The first-order valence-electron chi connectivity index (χ1n) is 8.72. The number of rotatable bonds is 5. The zero-order valence-corrected chi connectivity index (χ0v) is 16.6. The molecular weight excluding hydrogens is 409 g/mol. The maximum atomic E-state index is 13.3. The molecule has 3 aromatic carbocycles. The Morgan fingerprint density at radius 1 is 0.966 bits per heavy atom. The van der Waals surface area contributed by atoms with Gasteiger partial charge in [0.25, 0.3) is 5.91 Å². The summed E-state index contributed by atoms with van der Waals surface area (Å²) < 4.78 is 13.3. The van der Waals surface area contributed by atoms with Crippen LogP contribution in [0.5, 0.6) is 0 Å². The van der Waals surface area contributed by atoms with Gasteiger partial charge in [0, 0.05) is 32.9 Å². The highest BCUT2D eigenvalue weighted by atomic mass is 35.5. The first-order chi connectivity index (χ1) is 14.1. The molecule has 0 saturated heterocycles. The number of nitrogens with zero attached hydrogens (tertiary/aromatic N) is 1. The van der Waals surface area contributed by atoms with Gasteiger partial charge in [0.1, 0.15) is 5.82 Å². The maximum Gasteiger partial charge on any atom is 0.255 e. The number of halogens is 2. The topological polar surface area (TPSA) is 54.0 Å². The molecule has 1 heterocycles. The van der Waals surface area contributed by atoms with E-state index in [9.17, 15) is 9.18 Å². The van der Waals surface area contributed by atoms with E-state index in [1.54, 1.807) is 36.4 Å². The molecule has 7 heteroatoms. The highest BCUT2D eigenvalue weighted by molar-refractivity contribution is 7.14. The largest absolute Gasteiger partial charge is 0.331 e. The van der Waals surface area contributed by atoms with Crippen LogP contribution in [0.4, 0.5) is 20.9 Å². The molecule has 0 radical (unpaired) electrons. The molecule has 0 aliphatic carbocycles. The molecule has 0 bridgehead atoms. The number of anilines is 3. The lowest BCUT2D eigenvalue weighted by Crippen LogP contribution is -2.11. The number of thiazole rings is 1. The summed E-state index contributed by atoms with van der Waals surface area (Å²) in [6, 6.07) is 20.4. The summed E-state index contributed by atoms with van der Waals surface area (Å²) in [5.74, 6) is -0.550. The number of amides is 1. The molecule has 0 atom stereocenters. The zero-order valence-electron chi connectivity index (χ0n) is 15.0. The fraction of sp³-hybridized carbons (Fsp3) is 0. The molecule has 0 spiro atoms. The Hall–Kier alpha value is -3.22. The van der Waals surface area contributed by atoms with E-state index in [0.29, 0.717) is 27.1 Å². The van der Waals surface area contributed by atoms with E-state index in [-0.39, 0.29) is 11.7 Å². The van der Waals surface area contributed by atoms with E-state index >= 15 is 0 Å². The van der Waals surface area contributed by atoms with E-state index in [4.69, 9.17) is 11.6 Å². The lowest BCUT2D eigenvalue weighted by molar-refractivity contribution is 0.102. The number of carbonyl (C=O) groups is 1. The molecule has 4 aromatic rings. The van der Waals surface area contributed by atoms with Crippen LogP contribution >= 0.6 is 22.9 Å². The van der Waals surface area contributed by atoms with Crippen molar-refractivity contribution >= 4 is 45.4 Å². The van der Waals surface area contributed by atoms with Gasteiger partial charge < -0.3 is 10.6 Å². The number of hydrogen-bond acceptors (Lipinski definition) is 4. The van der Waals surface area contributed by atoms with Crippen LogP contribution in [0, 0.1) is 5.82 Å². The van der Waals surface area contributed by atoms with Gasteiger partial charge in [0.15, 0.2) is 5.13 Å². The van der Waals surface area contributed by atoms with Crippen molar-refractivity contribution in [1.29, 1.82) is 0 Å². The minimum absolute atomic E-state index is 0.239. The summed E-state index contributed by atoms with van der Waals surface area (Å²) in [6.07, 6.45) is 0. The summed E-state index contributed by atoms with van der Waals surface area (Å²) in [5.41, 5.74) is 3.39. The van der Waals surface area contributed by atoms with Crippen molar-refractivity contribution in [3.8, 4) is 11.3 Å². The monoisotopic (exact) mass is 423 g/mol. The first kappa shape index (κ1) is 19.1. The Bertz CT molecular complexity index is 1180. The fourth-order valence-corrected chi connectivity index (χ4v) is 3.67. The van der Waals surface area contributed by atoms with Crippen molar-refractivity contribution < 1.29 is 9.18 Å². The second-order valence-corrected chi connectivity index (χ2v) is 7.51. The number of benzene rings is 3. The molecule has 4 rings (SSSR count). The van der Waals surface area contributed by atoms with Crippen LogP contribution in [0.1, 0.15) is 10.4 Å². The quantitative estimate of drug-likeness (QED) is 0.380. The van der Waals surface area contributed by atoms with Crippen molar-refractivity contribution in [1.82, 2.24) is 4.98 Å². The molecule has 1 amide bonds. The molecule has 1 aromatic heterocycles. The van der Waals surface area contributed by atoms with Crippen molar-refractivity contribution in [2.45, 2.75) is 0 Å². The number of carbonyl (C=O) groups excluding carboxylic acids is 1. The molecule has 144 valence electrons. The normalized spacial score (nSPS) is 10.6. The molecule has 0 saturated carbocycles. The second-order valence-electron chi connectivity index (χ2n) is 6.22. The van der Waals surface area contributed by atoms with Gasteiger partial charge in [-0.15, -0.1) is 11.3 Å². The molecule has 4 nitrogen and oxygen atoms in total. The van der Waals surface area contributed by atoms with E-state index in [2.05, 4.69) is 15.6 Å². The van der Waals surface area contributed by atoms with Gasteiger partial charge >= 0.3 is 0 Å². The zero-order chi connectivity index (χ0) is 20.2. The Balaban J connectivity index is 1.50. The molecule has 0 aliphatic rings. The summed E-state index contributed by atoms with van der Waals surface area (Å²) in [6.45, 7) is 0. The van der Waals surface area contributed by atoms with Gasteiger partial charge in [-0.3, -0.25) is 4.79 Å². The van der Waals surface area contributed by atoms with Crippen molar-refractivity contribution in [3.05, 3.63) is 94.6 Å². The van der Waals surface area contributed by atoms with Crippen molar-refractivity contribution in [3.63, 3.8) is 0 Å². The minimum Gasteiger partial charge on any atom is -0.331 e. The fourth-order valence-electron chi connectivity index (χ4n) is 2.74. The molecule has 0 fully saturated rings. The van der Waals surface area contributed by atoms with Gasteiger partial charge in [-0.05, 0) is 48.5 Å². The Morgan fingerprint density at radius 3 is 2.59 bits per heavy atom. The van der Waals surface area contributed by atoms with E-state index in [0.717, 1.165) is 11.3 Å². The number of nitrogens with one attached hydrogen (secondary N) is 2. The second kappa shape index (κ2) is 8.43.